The average molecular weight is 202 g/mol. The molecule has 1 rings (SSSR count). The van der Waals surface area contributed by atoms with Crippen LogP contribution in [-0.4, -0.2) is 31.6 Å². The van der Waals surface area contributed by atoms with E-state index in [1.165, 1.54) is 0 Å². The van der Waals surface area contributed by atoms with Gasteiger partial charge in [0.25, 0.3) is 0 Å². The SMILES string of the molecule is CCOC(=O)[C@H](C)OC1CCCCO1. The Morgan fingerprint density at radius 3 is 2.93 bits per heavy atom. The van der Waals surface area contributed by atoms with Crippen LogP contribution in [0.4, 0.5) is 0 Å². The molecule has 0 bridgehead atoms. The average Bonchev–Trinajstić information content (AvgIpc) is 2.19. The zero-order valence-corrected chi connectivity index (χ0v) is 8.82. The molecule has 4 heteroatoms. The largest absolute Gasteiger partial charge is 0.464 e. The summed E-state index contributed by atoms with van der Waals surface area (Å²) in [7, 11) is 0. The lowest BCUT2D eigenvalue weighted by atomic mass is 10.2. The number of carbonyl (C=O) groups is 1. The van der Waals surface area contributed by atoms with Crippen LogP contribution in [0.3, 0.4) is 0 Å². The number of hydrogen-bond donors (Lipinski definition) is 0. The van der Waals surface area contributed by atoms with Crippen LogP contribution in [0.1, 0.15) is 33.1 Å². The third-order valence-corrected chi connectivity index (χ3v) is 2.11. The highest BCUT2D eigenvalue weighted by molar-refractivity contribution is 5.74. The molecule has 1 saturated heterocycles. The second kappa shape index (κ2) is 5.98. The van der Waals surface area contributed by atoms with Crippen molar-refractivity contribution in [1.29, 1.82) is 0 Å². The van der Waals surface area contributed by atoms with E-state index in [1.54, 1.807) is 13.8 Å². The minimum atomic E-state index is -0.530. The van der Waals surface area contributed by atoms with Gasteiger partial charge in [-0.2, -0.15) is 0 Å². The molecular weight excluding hydrogens is 184 g/mol. The van der Waals surface area contributed by atoms with E-state index in [1.807, 2.05) is 0 Å². The first-order valence-corrected chi connectivity index (χ1v) is 5.17. The Morgan fingerprint density at radius 1 is 1.57 bits per heavy atom. The second-order valence-electron chi connectivity index (χ2n) is 3.33. The van der Waals surface area contributed by atoms with Crippen molar-refractivity contribution in [2.24, 2.45) is 0 Å². The molecule has 2 atom stereocenters. The van der Waals surface area contributed by atoms with E-state index in [0.717, 1.165) is 25.9 Å². The Balaban J connectivity index is 2.24. The van der Waals surface area contributed by atoms with Gasteiger partial charge in [-0.3, -0.25) is 0 Å². The van der Waals surface area contributed by atoms with Gasteiger partial charge in [0.1, 0.15) is 0 Å². The van der Waals surface area contributed by atoms with Gasteiger partial charge in [0.2, 0.25) is 0 Å². The summed E-state index contributed by atoms with van der Waals surface area (Å²) >= 11 is 0. The highest BCUT2D eigenvalue weighted by atomic mass is 16.7. The van der Waals surface area contributed by atoms with Gasteiger partial charge >= 0.3 is 5.97 Å². The number of rotatable bonds is 4. The number of esters is 1. The van der Waals surface area contributed by atoms with Crippen molar-refractivity contribution in [3.63, 3.8) is 0 Å². The molecule has 0 aromatic rings. The molecule has 14 heavy (non-hydrogen) atoms. The van der Waals surface area contributed by atoms with Gasteiger partial charge in [0.05, 0.1) is 6.61 Å². The number of ether oxygens (including phenoxy) is 3. The zero-order chi connectivity index (χ0) is 10.4. The molecule has 1 heterocycles. The summed E-state index contributed by atoms with van der Waals surface area (Å²) in [5.74, 6) is -0.318. The summed E-state index contributed by atoms with van der Waals surface area (Å²) in [6.07, 6.45) is 2.28. The van der Waals surface area contributed by atoms with E-state index < -0.39 is 6.10 Å². The molecule has 0 aromatic heterocycles. The van der Waals surface area contributed by atoms with E-state index in [-0.39, 0.29) is 12.3 Å². The van der Waals surface area contributed by atoms with Gasteiger partial charge < -0.3 is 14.2 Å². The van der Waals surface area contributed by atoms with Gasteiger partial charge in [-0.15, -0.1) is 0 Å². The van der Waals surface area contributed by atoms with Crippen molar-refractivity contribution in [1.82, 2.24) is 0 Å². The number of carbonyl (C=O) groups excluding carboxylic acids is 1. The summed E-state index contributed by atoms with van der Waals surface area (Å²) in [4.78, 5) is 11.2. The quantitative estimate of drug-likeness (QED) is 0.648. The van der Waals surface area contributed by atoms with E-state index in [0.29, 0.717) is 6.61 Å². The molecule has 0 aliphatic carbocycles. The Bertz CT molecular complexity index is 175. The van der Waals surface area contributed by atoms with Crippen molar-refractivity contribution in [2.75, 3.05) is 13.2 Å². The lowest BCUT2D eigenvalue weighted by Crippen LogP contribution is -2.32. The third-order valence-electron chi connectivity index (χ3n) is 2.11. The predicted molar refractivity (Wildman–Crippen MR) is 50.8 cm³/mol. The Labute approximate surface area is 84.5 Å². The van der Waals surface area contributed by atoms with E-state index in [2.05, 4.69) is 0 Å². The summed E-state index contributed by atoms with van der Waals surface area (Å²) in [6, 6.07) is 0. The maximum atomic E-state index is 11.2. The molecule has 0 aromatic carbocycles. The van der Waals surface area contributed by atoms with Crippen LogP contribution in [0.25, 0.3) is 0 Å². The first-order chi connectivity index (χ1) is 6.74. The first-order valence-electron chi connectivity index (χ1n) is 5.17. The maximum absolute atomic E-state index is 11.2. The summed E-state index contributed by atoms with van der Waals surface area (Å²) in [6.45, 7) is 4.58. The molecule has 4 nitrogen and oxygen atoms in total. The molecule has 0 spiro atoms. The molecule has 0 saturated carbocycles. The van der Waals surface area contributed by atoms with Crippen LogP contribution in [0.15, 0.2) is 0 Å². The Kier molecular flexibility index (Phi) is 4.90. The van der Waals surface area contributed by atoms with Gasteiger partial charge in [-0.25, -0.2) is 4.79 Å². The Morgan fingerprint density at radius 2 is 2.36 bits per heavy atom. The topological polar surface area (TPSA) is 44.8 Å². The molecule has 0 amide bonds. The van der Waals surface area contributed by atoms with Crippen molar-refractivity contribution in [3.05, 3.63) is 0 Å². The summed E-state index contributed by atoms with van der Waals surface area (Å²) in [5.41, 5.74) is 0. The second-order valence-corrected chi connectivity index (χ2v) is 3.33. The molecule has 1 fully saturated rings. The fraction of sp³-hybridized carbons (Fsp3) is 0.900. The monoisotopic (exact) mass is 202 g/mol. The Hall–Kier alpha value is -0.610. The summed E-state index contributed by atoms with van der Waals surface area (Å²) < 4.78 is 15.6. The minimum Gasteiger partial charge on any atom is -0.464 e. The lowest BCUT2D eigenvalue weighted by molar-refractivity contribution is -0.200. The minimum absolute atomic E-state index is 0.233. The van der Waals surface area contributed by atoms with Crippen LogP contribution in [0.5, 0.6) is 0 Å². The molecule has 0 radical (unpaired) electrons. The van der Waals surface area contributed by atoms with Gasteiger partial charge in [0.15, 0.2) is 12.4 Å². The predicted octanol–water partition coefficient (Wildman–Crippen LogP) is 1.48. The normalized spacial score (nSPS) is 24.3. The van der Waals surface area contributed by atoms with Crippen LogP contribution < -0.4 is 0 Å². The molecular formula is C10H18O4. The van der Waals surface area contributed by atoms with Crippen molar-refractivity contribution >= 4 is 5.97 Å². The molecule has 1 aliphatic heterocycles. The van der Waals surface area contributed by atoms with Crippen LogP contribution >= 0.6 is 0 Å². The number of hydrogen-bond acceptors (Lipinski definition) is 4. The van der Waals surface area contributed by atoms with Crippen molar-refractivity contribution in [3.8, 4) is 0 Å². The lowest BCUT2D eigenvalue weighted by Gasteiger charge is -2.25. The van der Waals surface area contributed by atoms with Crippen molar-refractivity contribution < 1.29 is 19.0 Å². The zero-order valence-electron chi connectivity index (χ0n) is 8.82. The molecule has 82 valence electrons. The third kappa shape index (κ3) is 3.64. The fourth-order valence-electron chi connectivity index (χ4n) is 1.36. The van der Waals surface area contributed by atoms with Gasteiger partial charge in [-0.1, -0.05) is 0 Å². The summed E-state index contributed by atoms with van der Waals surface area (Å²) in [5, 5.41) is 0. The molecule has 1 unspecified atom stereocenters. The van der Waals surface area contributed by atoms with Gasteiger partial charge in [-0.05, 0) is 33.1 Å². The van der Waals surface area contributed by atoms with Gasteiger partial charge in [0, 0.05) is 6.61 Å². The van der Waals surface area contributed by atoms with E-state index in [4.69, 9.17) is 14.2 Å². The standard InChI is InChI=1S/C10H18O4/c1-3-12-10(11)8(2)14-9-6-4-5-7-13-9/h8-9H,3-7H2,1-2H3/t8-,9?/m0/s1. The highest BCUT2D eigenvalue weighted by Crippen LogP contribution is 2.15. The highest BCUT2D eigenvalue weighted by Gasteiger charge is 2.22. The van der Waals surface area contributed by atoms with Crippen molar-refractivity contribution in [2.45, 2.75) is 45.5 Å². The van der Waals surface area contributed by atoms with Crippen LogP contribution in [0.2, 0.25) is 0 Å². The fourth-order valence-corrected chi connectivity index (χ4v) is 1.36. The van der Waals surface area contributed by atoms with E-state index in [9.17, 15) is 4.79 Å². The van der Waals surface area contributed by atoms with Crippen LogP contribution in [0, 0.1) is 0 Å². The van der Waals surface area contributed by atoms with Crippen LogP contribution in [-0.2, 0) is 19.0 Å². The van der Waals surface area contributed by atoms with E-state index >= 15 is 0 Å². The first kappa shape index (κ1) is 11.5. The molecule has 0 N–H and O–H groups in total. The molecule has 1 aliphatic rings. The smallest absolute Gasteiger partial charge is 0.335 e. The maximum Gasteiger partial charge on any atom is 0.335 e.